The Kier molecular flexibility index (Phi) is 10.9. The Morgan fingerprint density at radius 2 is 1.90 bits per heavy atom. The number of hydrogen-bond donors (Lipinski definition) is 0. The molecule has 2 rings (SSSR count). The van der Waals surface area contributed by atoms with Gasteiger partial charge in [-0.15, -0.1) is 11.3 Å². The second-order valence-electron chi connectivity index (χ2n) is 7.67. The number of thiophene rings is 1. The van der Waals surface area contributed by atoms with Crippen LogP contribution in [-0.2, 0) is 0 Å². The SMILES string of the molecule is C/C=C\C=C/CN(/C(C)=C/C=C\C)C(/C=C\C(C)C1=CC=C(c2cccs2)CC1)=C/C. The molecule has 0 saturated carbocycles. The quantitative estimate of drug-likeness (QED) is 0.334. The lowest BCUT2D eigenvalue weighted by molar-refractivity contribution is 0.487. The van der Waals surface area contributed by atoms with E-state index in [9.17, 15) is 0 Å². The maximum absolute atomic E-state index is 2.35. The van der Waals surface area contributed by atoms with Crippen molar-refractivity contribution in [1.82, 2.24) is 4.90 Å². The summed E-state index contributed by atoms with van der Waals surface area (Å²) in [6.07, 6.45) is 28.5. The van der Waals surface area contributed by atoms with Gasteiger partial charge in [-0.25, -0.2) is 0 Å². The van der Waals surface area contributed by atoms with Crippen LogP contribution in [0.5, 0.6) is 0 Å². The van der Waals surface area contributed by atoms with Crippen molar-refractivity contribution >= 4 is 16.9 Å². The Bertz CT molecular complexity index is 914. The lowest BCUT2D eigenvalue weighted by Crippen LogP contribution is -2.20. The summed E-state index contributed by atoms with van der Waals surface area (Å²) in [5.74, 6) is 0.427. The Balaban J connectivity index is 2.15. The van der Waals surface area contributed by atoms with Gasteiger partial charge in [0.25, 0.3) is 0 Å². The van der Waals surface area contributed by atoms with Crippen LogP contribution < -0.4 is 0 Å². The Morgan fingerprint density at radius 3 is 2.52 bits per heavy atom. The number of nitrogens with zero attached hydrogens (tertiary/aromatic N) is 1. The van der Waals surface area contributed by atoms with Crippen LogP contribution in [0.15, 0.2) is 107 Å². The first-order chi connectivity index (χ1) is 15.1. The average molecular weight is 432 g/mol. The molecular weight excluding hydrogens is 394 g/mol. The lowest BCUT2D eigenvalue weighted by Gasteiger charge is -2.26. The van der Waals surface area contributed by atoms with E-state index in [0.29, 0.717) is 5.92 Å². The van der Waals surface area contributed by atoms with Gasteiger partial charge in [-0.2, -0.15) is 0 Å². The molecule has 1 atom stereocenters. The summed E-state index contributed by atoms with van der Waals surface area (Å²) in [5, 5.41) is 2.16. The van der Waals surface area contributed by atoms with Gasteiger partial charge in [-0.1, -0.05) is 79.3 Å². The zero-order chi connectivity index (χ0) is 22.5. The molecule has 1 heterocycles. The predicted molar refractivity (Wildman–Crippen MR) is 141 cm³/mol. The van der Waals surface area contributed by atoms with Crippen LogP contribution in [0.25, 0.3) is 5.57 Å². The third-order valence-corrected chi connectivity index (χ3v) is 6.40. The molecule has 0 amide bonds. The van der Waals surface area contributed by atoms with E-state index in [4.69, 9.17) is 0 Å². The fraction of sp³-hybridized carbons (Fsp3) is 0.310. The summed E-state index contributed by atoms with van der Waals surface area (Å²) in [6.45, 7) is 11.5. The van der Waals surface area contributed by atoms with Crippen molar-refractivity contribution in [3.63, 3.8) is 0 Å². The third-order valence-electron chi connectivity index (χ3n) is 5.45. The molecule has 164 valence electrons. The molecule has 1 nitrogen and oxygen atoms in total. The summed E-state index contributed by atoms with van der Waals surface area (Å²) in [4.78, 5) is 3.76. The van der Waals surface area contributed by atoms with Crippen LogP contribution in [0.3, 0.4) is 0 Å². The minimum atomic E-state index is 0.427. The van der Waals surface area contributed by atoms with Crippen LogP contribution >= 0.6 is 11.3 Å². The molecule has 1 aromatic heterocycles. The van der Waals surface area contributed by atoms with Crippen LogP contribution in [0.1, 0.15) is 52.3 Å². The number of rotatable bonds is 10. The van der Waals surface area contributed by atoms with Crippen molar-refractivity contribution < 1.29 is 0 Å². The molecule has 1 aromatic rings. The molecule has 2 heteroatoms. The summed E-state index contributed by atoms with van der Waals surface area (Å²) < 4.78 is 0. The Labute approximate surface area is 193 Å². The van der Waals surface area contributed by atoms with Gasteiger partial charge in [0.1, 0.15) is 0 Å². The predicted octanol–water partition coefficient (Wildman–Crippen LogP) is 8.86. The minimum absolute atomic E-state index is 0.427. The summed E-state index contributed by atoms with van der Waals surface area (Å²) in [5.41, 5.74) is 5.43. The zero-order valence-electron chi connectivity index (χ0n) is 19.7. The molecule has 1 aliphatic rings. The highest BCUT2D eigenvalue weighted by Crippen LogP contribution is 2.32. The van der Waals surface area contributed by atoms with Crippen LogP contribution in [0.2, 0.25) is 0 Å². The van der Waals surface area contributed by atoms with Crippen molar-refractivity contribution in [2.24, 2.45) is 5.92 Å². The van der Waals surface area contributed by atoms with E-state index in [1.165, 1.54) is 27.4 Å². The largest absolute Gasteiger partial charge is 0.342 e. The summed E-state index contributed by atoms with van der Waals surface area (Å²) in [7, 11) is 0. The Morgan fingerprint density at radius 1 is 1.10 bits per heavy atom. The second-order valence-corrected chi connectivity index (χ2v) is 8.62. The molecule has 0 radical (unpaired) electrons. The van der Waals surface area contributed by atoms with E-state index in [1.807, 2.05) is 18.3 Å². The maximum Gasteiger partial charge on any atom is 0.0411 e. The topological polar surface area (TPSA) is 3.24 Å². The molecule has 31 heavy (non-hydrogen) atoms. The second kappa shape index (κ2) is 13.7. The van der Waals surface area contributed by atoms with Gasteiger partial charge in [0.05, 0.1) is 0 Å². The molecule has 1 aliphatic carbocycles. The lowest BCUT2D eigenvalue weighted by atomic mass is 9.89. The molecule has 0 spiro atoms. The fourth-order valence-electron chi connectivity index (χ4n) is 3.54. The molecule has 0 fully saturated rings. The normalized spacial score (nSPS) is 17.2. The summed E-state index contributed by atoms with van der Waals surface area (Å²) >= 11 is 1.83. The molecule has 0 bridgehead atoms. The van der Waals surface area contributed by atoms with Crippen LogP contribution in [0, 0.1) is 5.92 Å². The van der Waals surface area contributed by atoms with Gasteiger partial charge in [-0.3, -0.25) is 0 Å². The highest BCUT2D eigenvalue weighted by atomic mass is 32.1. The first-order valence-electron chi connectivity index (χ1n) is 11.2. The number of allylic oxidation sites excluding steroid dienone is 14. The zero-order valence-corrected chi connectivity index (χ0v) is 20.5. The van der Waals surface area contributed by atoms with E-state index in [0.717, 1.165) is 19.4 Å². The monoisotopic (exact) mass is 431 g/mol. The van der Waals surface area contributed by atoms with E-state index < -0.39 is 0 Å². The van der Waals surface area contributed by atoms with Crippen molar-refractivity contribution in [3.8, 4) is 0 Å². The minimum Gasteiger partial charge on any atom is -0.342 e. The average Bonchev–Trinajstić information content (AvgIpc) is 3.34. The summed E-state index contributed by atoms with van der Waals surface area (Å²) in [6, 6.07) is 4.36. The van der Waals surface area contributed by atoms with Crippen molar-refractivity contribution in [3.05, 3.63) is 112 Å². The first kappa shape index (κ1) is 24.7. The van der Waals surface area contributed by atoms with Gasteiger partial charge >= 0.3 is 0 Å². The highest BCUT2D eigenvalue weighted by molar-refractivity contribution is 7.11. The highest BCUT2D eigenvalue weighted by Gasteiger charge is 2.13. The van der Waals surface area contributed by atoms with Crippen LogP contribution in [-0.4, -0.2) is 11.4 Å². The Hall–Kier alpha value is -2.58. The molecule has 0 N–H and O–H groups in total. The van der Waals surface area contributed by atoms with Crippen LogP contribution in [0.4, 0.5) is 0 Å². The van der Waals surface area contributed by atoms with E-state index in [2.05, 4.69) is 123 Å². The van der Waals surface area contributed by atoms with Gasteiger partial charge in [0.2, 0.25) is 0 Å². The molecule has 0 aromatic carbocycles. The molecule has 0 aliphatic heterocycles. The van der Waals surface area contributed by atoms with Gasteiger partial charge in [-0.05, 0) is 75.6 Å². The van der Waals surface area contributed by atoms with E-state index in [-0.39, 0.29) is 0 Å². The van der Waals surface area contributed by atoms with Crippen molar-refractivity contribution in [2.45, 2.75) is 47.5 Å². The fourth-order valence-corrected chi connectivity index (χ4v) is 4.32. The third kappa shape index (κ3) is 7.88. The van der Waals surface area contributed by atoms with Gasteiger partial charge in [0, 0.05) is 22.8 Å². The van der Waals surface area contributed by atoms with Crippen molar-refractivity contribution in [1.29, 1.82) is 0 Å². The number of hydrogen-bond acceptors (Lipinski definition) is 2. The van der Waals surface area contributed by atoms with Gasteiger partial charge in [0.15, 0.2) is 0 Å². The maximum atomic E-state index is 2.35. The van der Waals surface area contributed by atoms with Gasteiger partial charge < -0.3 is 4.90 Å². The van der Waals surface area contributed by atoms with E-state index in [1.54, 1.807) is 0 Å². The van der Waals surface area contributed by atoms with E-state index >= 15 is 0 Å². The molecule has 1 unspecified atom stereocenters. The standard InChI is InChI=1S/C29H37NS/c1-6-9-11-12-22-30(25(5)14-10-7-2)28(8-3)21-16-24(4)26-17-19-27(20-18-26)29-15-13-23-31-29/h6-17,19,21,23-24H,18,20,22H2,1-5H3/b9-6-,10-7-,12-11-,21-16-,25-14+,28-8+. The molecule has 0 saturated heterocycles. The van der Waals surface area contributed by atoms with Crippen molar-refractivity contribution in [2.75, 3.05) is 6.54 Å². The molecular formula is C29H37NS. The smallest absolute Gasteiger partial charge is 0.0411 e. The first-order valence-corrected chi connectivity index (χ1v) is 12.1.